The van der Waals surface area contributed by atoms with Gasteiger partial charge in [-0.2, -0.15) is 12.7 Å². The molecule has 1 unspecified atom stereocenters. The predicted octanol–water partition coefficient (Wildman–Crippen LogP) is 0.104. The van der Waals surface area contributed by atoms with Gasteiger partial charge in [-0.1, -0.05) is 12.0 Å². The van der Waals surface area contributed by atoms with Crippen molar-refractivity contribution in [3.63, 3.8) is 0 Å². The molecule has 114 valence electrons. The van der Waals surface area contributed by atoms with Crippen molar-refractivity contribution in [3.8, 4) is 12.3 Å². The summed E-state index contributed by atoms with van der Waals surface area (Å²) in [6.07, 6.45) is 5.22. The maximum absolute atomic E-state index is 12.9. The molecule has 9 heteroatoms. The van der Waals surface area contributed by atoms with Gasteiger partial charge in [0.15, 0.2) is 0 Å². The lowest BCUT2D eigenvalue weighted by Crippen LogP contribution is -2.35. The molecule has 0 radical (unpaired) electrons. The molecule has 0 amide bonds. The van der Waals surface area contributed by atoms with Crippen LogP contribution in [0.5, 0.6) is 0 Å². The van der Waals surface area contributed by atoms with E-state index in [0.29, 0.717) is 0 Å². The smallest absolute Gasteiger partial charge is 0.332 e. The van der Waals surface area contributed by atoms with Crippen molar-refractivity contribution in [2.45, 2.75) is 21.8 Å². The van der Waals surface area contributed by atoms with E-state index in [2.05, 4.69) is 5.92 Å². The van der Waals surface area contributed by atoms with Gasteiger partial charge in [0, 0.05) is 13.0 Å². The van der Waals surface area contributed by atoms with Gasteiger partial charge >= 0.3 is 10.2 Å². The van der Waals surface area contributed by atoms with Gasteiger partial charge < -0.3 is 5.11 Å². The van der Waals surface area contributed by atoms with E-state index in [1.165, 1.54) is 0 Å². The Morgan fingerprint density at radius 3 is 2.43 bits per heavy atom. The first-order valence-corrected chi connectivity index (χ1v) is 8.66. The Balaban J connectivity index is 2.41. The number of sulfonamides is 1. The molecule has 1 saturated heterocycles. The fraction of sp³-hybridized carbons (Fsp3) is 0.333. The second kappa shape index (κ2) is 5.06. The average molecular weight is 333 g/mol. The van der Waals surface area contributed by atoms with E-state index in [1.54, 1.807) is 0 Å². The molecule has 1 aliphatic rings. The van der Waals surface area contributed by atoms with Gasteiger partial charge in [0.05, 0.1) is 16.3 Å². The van der Waals surface area contributed by atoms with Gasteiger partial charge in [-0.3, -0.25) is 0 Å². The number of rotatable bonds is 3. The Labute approximate surface area is 122 Å². The van der Waals surface area contributed by atoms with Crippen LogP contribution in [-0.4, -0.2) is 44.9 Å². The molecule has 0 spiro atoms. The molecule has 1 atom stereocenters. The Morgan fingerprint density at radius 2 is 1.90 bits per heavy atom. The molecule has 1 aromatic rings. The molecule has 0 saturated carbocycles. The molecule has 21 heavy (non-hydrogen) atoms. The number of benzene rings is 1. The zero-order valence-corrected chi connectivity index (χ0v) is 12.4. The molecule has 6 nitrogen and oxygen atoms in total. The van der Waals surface area contributed by atoms with Crippen LogP contribution in [0.4, 0.5) is 3.89 Å². The molecule has 2 rings (SSSR count). The van der Waals surface area contributed by atoms with Crippen molar-refractivity contribution in [1.29, 1.82) is 0 Å². The van der Waals surface area contributed by atoms with E-state index in [-0.39, 0.29) is 24.4 Å². The summed E-state index contributed by atoms with van der Waals surface area (Å²) in [5.41, 5.74) is -1.54. The first-order valence-electron chi connectivity index (χ1n) is 5.84. The zero-order valence-electron chi connectivity index (χ0n) is 10.7. The second-order valence-corrected chi connectivity index (χ2v) is 7.96. The Kier molecular flexibility index (Phi) is 3.84. The number of β-amino-alcohol motifs (C(OH)–C–C–N with tert-alkyl or cyclic N) is 1. The van der Waals surface area contributed by atoms with Crippen LogP contribution in [-0.2, 0) is 20.2 Å². The van der Waals surface area contributed by atoms with Crippen molar-refractivity contribution >= 4 is 20.2 Å². The van der Waals surface area contributed by atoms with E-state index in [9.17, 15) is 25.8 Å². The molecule has 1 aliphatic heterocycles. The topological polar surface area (TPSA) is 91.8 Å². The first kappa shape index (κ1) is 15.9. The van der Waals surface area contributed by atoms with E-state index < -0.39 is 30.7 Å². The Morgan fingerprint density at radius 1 is 1.29 bits per heavy atom. The summed E-state index contributed by atoms with van der Waals surface area (Å²) >= 11 is 0. The lowest BCUT2D eigenvalue weighted by Gasteiger charge is -2.18. The monoisotopic (exact) mass is 333 g/mol. The minimum absolute atomic E-state index is 0.00433. The molecule has 0 aliphatic carbocycles. The molecular formula is C12H12FNO5S2. The van der Waals surface area contributed by atoms with E-state index in [0.717, 1.165) is 28.6 Å². The van der Waals surface area contributed by atoms with Gasteiger partial charge in [0.1, 0.15) is 5.60 Å². The highest BCUT2D eigenvalue weighted by Crippen LogP contribution is 2.28. The van der Waals surface area contributed by atoms with Crippen LogP contribution in [0.15, 0.2) is 34.1 Å². The summed E-state index contributed by atoms with van der Waals surface area (Å²) in [5.74, 6) is 2.12. The first-order chi connectivity index (χ1) is 9.58. The maximum Gasteiger partial charge on any atom is 0.332 e. The number of halogens is 1. The van der Waals surface area contributed by atoms with E-state index >= 15 is 0 Å². The van der Waals surface area contributed by atoms with Crippen molar-refractivity contribution in [1.82, 2.24) is 4.31 Å². The van der Waals surface area contributed by atoms with E-state index in [1.807, 2.05) is 0 Å². The van der Waals surface area contributed by atoms with E-state index in [4.69, 9.17) is 6.42 Å². The normalized spacial score (nSPS) is 23.9. The number of nitrogens with zero attached hydrogens (tertiary/aromatic N) is 1. The van der Waals surface area contributed by atoms with Crippen molar-refractivity contribution in [2.75, 3.05) is 13.1 Å². The average Bonchev–Trinajstić information content (AvgIpc) is 2.82. The van der Waals surface area contributed by atoms with Gasteiger partial charge in [-0.15, -0.1) is 10.3 Å². The predicted molar refractivity (Wildman–Crippen MR) is 71.9 cm³/mol. The third-order valence-corrected chi connectivity index (χ3v) is 5.86. The largest absolute Gasteiger partial charge is 0.376 e. The lowest BCUT2D eigenvalue weighted by atomic mass is 10.1. The maximum atomic E-state index is 12.9. The highest BCUT2D eigenvalue weighted by Gasteiger charge is 2.40. The van der Waals surface area contributed by atoms with Crippen LogP contribution in [0.3, 0.4) is 0 Å². The number of terminal acetylenes is 1. The minimum Gasteiger partial charge on any atom is -0.376 e. The standard InChI is InChI=1S/C12H12FNO5S2/c1-2-12(15)6-7-14(9-12)21(18,19)11-5-3-4-10(8-11)20(13,16)17/h1,3-5,8,15H,6-7,9H2. The number of hydrogen-bond acceptors (Lipinski definition) is 5. The number of aliphatic hydroxyl groups is 1. The fourth-order valence-electron chi connectivity index (χ4n) is 2.02. The summed E-state index contributed by atoms with van der Waals surface area (Å²) in [6.45, 7) is -0.298. The van der Waals surface area contributed by atoms with Crippen LogP contribution in [0.25, 0.3) is 0 Å². The molecule has 1 N–H and O–H groups in total. The quantitative estimate of drug-likeness (QED) is 0.626. The minimum atomic E-state index is -5.00. The molecule has 1 heterocycles. The van der Waals surface area contributed by atoms with Crippen LogP contribution >= 0.6 is 0 Å². The van der Waals surface area contributed by atoms with Crippen molar-refractivity contribution in [2.24, 2.45) is 0 Å². The van der Waals surface area contributed by atoms with Gasteiger partial charge in [-0.05, 0) is 18.2 Å². The lowest BCUT2D eigenvalue weighted by molar-refractivity contribution is 0.117. The highest BCUT2D eigenvalue weighted by molar-refractivity contribution is 7.89. The van der Waals surface area contributed by atoms with Crippen molar-refractivity contribution < 1.29 is 25.8 Å². The number of hydrogen-bond donors (Lipinski definition) is 1. The molecular weight excluding hydrogens is 321 g/mol. The van der Waals surface area contributed by atoms with Crippen molar-refractivity contribution in [3.05, 3.63) is 24.3 Å². The highest BCUT2D eigenvalue weighted by atomic mass is 32.3. The Hall–Kier alpha value is -1.47. The van der Waals surface area contributed by atoms with Crippen LogP contribution < -0.4 is 0 Å². The van der Waals surface area contributed by atoms with Crippen LogP contribution in [0.2, 0.25) is 0 Å². The third-order valence-electron chi connectivity index (χ3n) is 3.21. The molecule has 1 aromatic carbocycles. The SMILES string of the molecule is C#CC1(O)CCN(S(=O)(=O)c2cccc(S(=O)(=O)F)c2)C1. The second-order valence-electron chi connectivity index (χ2n) is 4.68. The molecule has 1 fully saturated rings. The summed E-state index contributed by atoms with van der Waals surface area (Å²) in [6, 6.07) is 3.97. The summed E-state index contributed by atoms with van der Waals surface area (Å²) in [4.78, 5) is -1.11. The summed E-state index contributed by atoms with van der Waals surface area (Å²) < 4.78 is 60.3. The molecule has 0 aromatic heterocycles. The third kappa shape index (κ3) is 3.08. The summed E-state index contributed by atoms with van der Waals surface area (Å²) in [7, 11) is -9.06. The Bertz CT molecular complexity index is 812. The van der Waals surface area contributed by atoms with Gasteiger partial charge in [-0.25, -0.2) is 8.42 Å². The fourth-order valence-corrected chi connectivity index (χ4v) is 4.14. The van der Waals surface area contributed by atoms with Crippen LogP contribution in [0, 0.1) is 12.3 Å². The zero-order chi connectivity index (χ0) is 15.9. The summed E-state index contributed by atoms with van der Waals surface area (Å²) in [5, 5.41) is 9.87. The van der Waals surface area contributed by atoms with Gasteiger partial charge in [0.25, 0.3) is 0 Å². The van der Waals surface area contributed by atoms with Gasteiger partial charge in [0.2, 0.25) is 10.0 Å². The van der Waals surface area contributed by atoms with Crippen LogP contribution in [0.1, 0.15) is 6.42 Å². The molecule has 0 bridgehead atoms.